The molecule has 0 fully saturated rings. The van der Waals surface area contributed by atoms with Crippen LogP contribution in [0.25, 0.3) is 10.9 Å². The summed E-state index contributed by atoms with van der Waals surface area (Å²) in [5.74, 6) is 1.72. The van der Waals surface area contributed by atoms with Crippen molar-refractivity contribution in [2.75, 3.05) is 0 Å². The fourth-order valence-electron chi connectivity index (χ4n) is 2.05. The SMILES string of the molecule is Cc1ccc(Oc2ccc3nc(C)c(O)cc3c2)cc1. The van der Waals surface area contributed by atoms with Crippen LogP contribution in [-0.2, 0) is 0 Å². The smallest absolute Gasteiger partial charge is 0.137 e. The van der Waals surface area contributed by atoms with Crippen molar-refractivity contribution in [2.24, 2.45) is 0 Å². The molecular formula is C17H15NO2. The van der Waals surface area contributed by atoms with Crippen molar-refractivity contribution < 1.29 is 9.84 Å². The molecule has 2 aromatic carbocycles. The number of aromatic hydroxyl groups is 1. The fraction of sp³-hybridized carbons (Fsp3) is 0.118. The number of rotatable bonds is 2. The molecule has 0 saturated heterocycles. The summed E-state index contributed by atoms with van der Waals surface area (Å²) >= 11 is 0. The van der Waals surface area contributed by atoms with Gasteiger partial charge in [0.25, 0.3) is 0 Å². The topological polar surface area (TPSA) is 42.4 Å². The number of aromatic nitrogens is 1. The van der Waals surface area contributed by atoms with Gasteiger partial charge in [-0.25, -0.2) is 4.98 Å². The van der Waals surface area contributed by atoms with E-state index in [4.69, 9.17) is 4.74 Å². The minimum atomic E-state index is 0.199. The monoisotopic (exact) mass is 265 g/mol. The van der Waals surface area contributed by atoms with Gasteiger partial charge in [0.2, 0.25) is 0 Å². The van der Waals surface area contributed by atoms with Gasteiger partial charge in [0.15, 0.2) is 0 Å². The molecule has 20 heavy (non-hydrogen) atoms. The van der Waals surface area contributed by atoms with Crippen molar-refractivity contribution in [3.63, 3.8) is 0 Å². The van der Waals surface area contributed by atoms with Crippen LogP contribution in [0.4, 0.5) is 0 Å². The zero-order chi connectivity index (χ0) is 14.1. The Kier molecular flexibility index (Phi) is 3.03. The summed E-state index contributed by atoms with van der Waals surface area (Å²) in [5, 5.41) is 10.6. The van der Waals surface area contributed by atoms with E-state index >= 15 is 0 Å². The molecule has 0 atom stereocenters. The minimum Gasteiger partial charge on any atom is -0.506 e. The lowest BCUT2D eigenvalue weighted by molar-refractivity contribution is 0.468. The second kappa shape index (κ2) is 4.85. The van der Waals surface area contributed by atoms with Crippen molar-refractivity contribution in [1.82, 2.24) is 4.98 Å². The van der Waals surface area contributed by atoms with Gasteiger partial charge in [0, 0.05) is 5.39 Å². The van der Waals surface area contributed by atoms with Gasteiger partial charge in [-0.15, -0.1) is 0 Å². The maximum Gasteiger partial charge on any atom is 0.137 e. The molecule has 0 radical (unpaired) electrons. The Hall–Kier alpha value is -2.55. The number of nitrogens with zero attached hydrogens (tertiary/aromatic N) is 1. The zero-order valence-electron chi connectivity index (χ0n) is 11.4. The predicted octanol–water partition coefficient (Wildman–Crippen LogP) is 4.35. The molecule has 3 rings (SSSR count). The van der Waals surface area contributed by atoms with E-state index in [9.17, 15) is 5.11 Å². The highest BCUT2D eigenvalue weighted by atomic mass is 16.5. The molecule has 0 aliphatic heterocycles. The van der Waals surface area contributed by atoms with E-state index < -0.39 is 0 Å². The van der Waals surface area contributed by atoms with Crippen molar-refractivity contribution in [1.29, 1.82) is 0 Å². The van der Waals surface area contributed by atoms with Gasteiger partial charge in [-0.1, -0.05) is 17.7 Å². The Labute approximate surface area is 117 Å². The molecule has 1 heterocycles. The Balaban J connectivity index is 1.96. The zero-order valence-corrected chi connectivity index (χ0v) is 11.4. The Morgan fingerprint density at radius 3 is 2.35 bits per heavy atom. The average molecular weight is 265 g/mol. The second-order valence-electron chi connectivity index (χ2n) is 4.86. The van der Waals surface area contributed by atoms with Crippen LogP contribution in [0.5, 0.6) is 17.2 Å². The first-order valence-corrected chi connectivity index (χ1v) is 6.47. The first-order valence-electron chi connectivity index (χ1n) is 6.47. The Morgan fingerprint density at radius 2 is 1.60 bits per heavy atom. The van der Waals surface area contributed by atoms with Gasteiger partial charge in [-0.2, -0.15) is 0 Å². The highest BCUT2D eigenvalue weighted by Crippen LogP contribution is 2.27. The van der Waals surface area contributed by atoms with E-state index in [1.807, 2.05) is 49.4 Å². The summed E-state index contributed by atoms with van der Waals surface area (Å²) in [7, 11) is 0. The Morgan fingerprint density at radius 1 is 0.900 bits per heavy atom. The molecular weight excluding hydrogens is 250 g/mol. The maximum absolute atomic E-state index is 9.73. The summed E-state index contributed by atoms with van der Waals surface area (Å²) in [6.45, 7) is 3.82. The second-order valence-corrected chi connectivity index (χ2v) is 4.86. The third kappa shape index (κ3) is 2.43. The highest BCUT2D eigenvalue weighted by Gasteiger charge is 2.04. The van der Waals surface area contributed by atoms with Crippen LogP contribution < -0.4 is 4.74 Å². The van der Waals surface area contributed by atoms with E-state index in [1.54, 1.807) is 13.0 Å². The van der Waals surface area contributed by atoms with Gasteiger partial charge in [0.1, 0.15) is 17.2 Å². The third-order valence-electron chi connectivity index (χ3n) is 3.21. The maximum atomic E-state index is 9.73. The molecule has 0 unspecified atom stereocenters. The summed E-state index contributed by atoms with van der Waals surface area (Å²) < 4.78 is 5.80. The van der Waals surface area contributed by atoms with Crippen LogP contribution in [0.1, 0.15) is 11.3 Å². The lowest BCUT2D eigenvalue weighted by atomic mass is 10.2. The number of hydrogen-bond acceptors (Lipinski definition) is 3. The summed E-state index contributed by atoms with van der Waals surface area (Å²) in [6, 6.07) is 15.2. The quantitative estimate of drug-likeness (QED) is 0.749. The largest absolute Gasteiger partial charge is 0.506 e. The van der Waals surface area contributed by atoms with Gasteiger partial charge >= 0.3 is 0 Å². The number of ether oxygens (including phenoxy) is 1. The first-order chi connectivity index (χ1) is 9.61. The molecule has 3 nitrogen and oxygen atoms in total. The lowest BCUT2D eigenvalue weighted by Crippen LogP contribution is -1.87. The van der Waals surface area contributed by atoms with Crippen LogP contribution in [0, 0.1) is 13.8 Å². The van der Waals surface area contributed by atoms with Gasteiger partial charge in [-0.05, 0) is 50.2 Å². The van der Waals surface area contributed by atoms with Gasteiger partial charge in [-0.3, -0.25) is 0 Å². The van der Waals surface area contributed by atoms with Crippen molar-refractivity contribution in [2.45, 2.75) is 13.8 Å². The standard InChI is InChI=1S/C17H15NO2/c1-11-3-5-14(6-4-11)20-15-7-8-16-13(9-15)10-17(19)12(2)18-16/h3-10,19H,1-2H3. The minimum absolute atomic E-state index is 0.199. The van der Waals surface area contributed by atoms with Crippen molar-refractivity contribution in [3.8, 4) is 17.2 Å². The highest BCUT2D eigenvalue weighted by molar-refractivity contribution is 5.81. The van der Waals surface area contributed by atoms with Gasteiger partial charge in [0.05, 0.1) is 11.2 Å². The molecule has 1 aromatic heterocycles. The summed E-state index contributed by atoms with van der Waals surface area (Å²) in [5.41, 5.74) is 2.67. The summed E-state index contributed by atoms with van der Waals surface area (Å²) in [4.78, 5) is 4.33. The third-order valence-corrected chi connectivity index (χ3v) is 3.21. The molecule has 0 aliphatic carbocycles. The van der Waals surface area contributed by atoms with Crippen LogP contribution in [-0.4, -0.2) is 10.1 Å². The lowest BCUT2D eigenvalue weighted by Gasteiger charge is -2.08. The molecule has 1 N–H and O–H groups in total. The average Bonchev–Trinajstić information content (AvgIpc) is 2.43. The van der Waals surface area contributed by atoms with E-state index in [1.165, 1.54) is 5.56 Å². The van der Waals surface area contributed by atoms with Crippen LogP contribution >= 0.6 is 0 Å². The first kappa shape index (κ1) is 12.5. The van der Waals surface area contributed by atoms with Crippen LogP contribution in [0.2, 0.25) is 0 Å². The summed E-state index contributed by atoms with van der Waals surface area (Å²) in [6.07, 6.45) is 0. The van der Waals surface area contributed by atoms with E-state index in [-0.39, 0.29) is 5.75 Å². The van der Waals surface area contributed by atoms with Crippen molar-refractivity contribution >= 4 is 10.9 Å². The molecule has 0 saturated carbocycles. The van der Waals surface area contributed by atoms with E-state index in [2.05, 4.69) is 4.98 Å². The molecule has 0 aliphatic rings. The number of fused-ring (bicyclic) bond motifs is 1. The number of benzene rings is 2. The Bertz CT molecular complexity index is 764. The molecule has 100 valence electrons. The van der Waals surface area contributed by atoms with Crippen LogP contribution in [0.3, 0.4) is 0 Å². The molecule has 3 aromatic rings. The number of aryl methyl sites for hydroxylation is 2. The van der Waals surface area contributed by atoms with Crippen molar-refractivity contribution in [3.05, 3.63) is 59.8 Å². The van der Waals surface area contributed by atoms with E-state index in [0.29, 0.717) is 5.69 Å². The van der Waals surface area contributed by atoms with E-state index in [0.717, 1.165) is 22.4 Å². The molecule has 3 heteroatoms. The molecule has 0 spiro atoms. The fourth-order valence-corrected chi connectivity index (χ4v) is 2.05. The number of hydrogen-bond donors (Lipinski definition) is 1. The predicted molar refractivity (Wildman–Crippen MR) is 79.4 cm³/mol. The number of pyridine rings is 1. The molecule has 0 amide bonds. The van der Waals surface area contributed by atoms with Crippen LogP contribution in [0.15, 0.2) is 48.5 Å². The van der Waals surface area contributed by atoms with Gasteiger partial charge < -0.3 is 9.84 Å². The molecule has 0 bridgehead atoms. The normalized spacial score (nSPS) is 10.7.